The average Bonchev–Trinajstić information content (AvgIpc) is 2.72. The number of amides is 2. The van der Waals surface area contributed by atoms with Crippen molar-refractivity contribution in [2.75, 3.05) is 19.0 Å². The lowest BCUT2D eigenvalue weighted by Gasteiger charge is -2.41. The molecule has 3 rings (SSSR count). The van der Waals surface area contributed by atoms with E-state index in [2.05, 4.69) is 17.2 Å². The van der Waals surface area contributed by atoms with Gasteiger partial charge in [0, 0.05) is 18.7 Å². The van der Waals surface area contributed by atoms with Crippen molar-refractivity contribution in [1.82, 2.24) is 9.88 Å². The molecular formula is C23H29N3O3. The third-order valence-electron chi connectivity index (χ3n) is 5.39. The molecule has 1 fully saturated rings. The van der Waals surface area contributed by atoms with E-state index >= 15 is 0 Å². The van der Waals surface area contributed by atoms with E-state index < -0.39 is 0 Å². The van der Waals surface area contributed by atoms with Crippen LogP contribution in [0.25, 0.3) is 0 Å². The molecule has 2 aromatic rings. The number of benzene rings is 1. The first-order valence-electron chi connectivity index (χ1n) is 10.2. The number of aryl methyl sites for hydroxylation is 1. The molecule has 1 N–H and O–H groups in total. The zero-order valence-corrected chi connectivity index (χ0v) is 17.4. The van der Waals surface area contributed by atoms with Gasteiger partial charge in [0.1, 0.15) is 11.6 Å². The summed E-state index contributed by atoms with van der Waals surface area (Å²) in [5.41, 5.74) is 1.80. The lowest BCUT2D eigenvalue weighted by molar-refractivity contribution is -0.142. The molecule has 6 heteroatoms. The summed E-state index contributed by atoms with van der Waals surface area (Å²) in [5, 5.41) is 2.95. The van der Waals surface area contributed by atoms with Gasteiger partial charge in [0.15, 0.2) is 0 Å². The predicted octanol–water partition coefficient (Wildman–Crippen LogP) is 4.12. The van der Waals surface area contributed by atoms with Crippen LogP contribution in [0.4, 0.5) is 5.82 Å². The number of nitrogens with one attached hydrogen (secondary N) is 1. The van der Waals surface area contributed by atoms with E-state index in [4.69, 9.17) is 4.74 Å². The largest absolute Gasteiger partial charge is 0.497 e. The number of pyridine rings is 1. The maximum absolute atomic E-state index is 13.2. The highest BCUT2D eigenvalue weighted by atomic mass is 16.5. The number of piperidine rings is 1. The summed E-state index contributed by atoms with van der Waals surface area (Å²) in [6.45, 7) is 4.64. The van der Waals surface area contributed by atoms with E-state index in [-0.39, 0.29) is 23.8 Å². The molecule has 1 aromatic carbocycles. The molecule has 0 radical (unpaired) electrons. The number of nitrogens with zero attached hydrogens (tertiary/aromatic N) is 2. The van der Waals surface area contributed by atoms with Crippen LogP contribution in [0.1, 0.15) is 49.9 Å². The molecule has 1 aliphatic heterocycles. The first-order valence-corrected chi connectivity index (χ1v) is 10.2. The van der Waals surface area contributed by atoms with Crippen molar-refractivity contribution in [3.63, 3.8) is 0 Å². The normalized spacial score (nSPS) is 19.1. The minimum absolute atomic E-state index is 0.0992. The van der Waals surface area contributed by atoms with Crippen molar-refractivity contribution < 1.29 is 14.3 Å². The fourth-order valence-electron chi connectivity index (χ4n) is 3.86. The van der Waals surface area contributed by atoms with Crippen LogP contribution in [0.15, 0.2) is 42.5 Å². The standard InChI is InChI=1S/C23H29N3O3/c1-4-5-15-26-21(27)14-13-19(22(26)17-9-11-18(29-3)12-10-17)23(28)25-20-8-6-7-16(2)24-20/h6-12,19,22H,4-5,13-15H2,1-3H3,(H,24,25,28)/t19-,22+/m1/s1. The number of ether oxygens (including phenoxy) is 1. The summed E-state index contributed by atoms with van der Waals surface area (Å²) in [6.07, 6.45) is 2.81. The van der Waals surface area contributed by atoms with Crippen LogP contribution < -0.4 is 10.1 Å². The summed E-state index contributed by atoms with van der Waals surface area (Å²) < 4.78 is 5.27. The van der Waals surface area contributed by atoms with Gasteiger partial charge in [-0.3, -0.25) is 9.59 Å². The summed E-state index contributed by atoms with van der Waals surface area (Å²) in [7, 11) is 1.62. The second kappa shape index (κ2) is 9.54. The molecule has 1 aliphatic rings. The smallest absolute Gasteiger partial charge is 0.231 e. The Balaban J connectivity index is 1.90. The van der Waals surface area contributed by atoms with Crippen LogP contribution in [-0.4, -0.2) is 35.4 Å². The molecule has 1 aromatic heterocycles. The summed E-state index contributed by atoms with van der Waals surface area (Å²) in [6, 6.07) is 12.9. The van der Waals surface area contributed by atoms with Gasteiger partial charge in [0.25, 0.3) is 0 Å². The van der Waals surface area contributed by atoms with Crippen molar-refractivity contribution in [1.29, 1.82) is 0 Å². The van der Waals surface area contributed by atoms with Crippen molar-refractivity contribution in [2.45, 2.75) is 45.6 Å². The first kappa shape index (κ1) is 20.8. The van der Waals surface area contributed by atoms with Crippen LogP contribution in [0.3, 0.4) is 0 Å². The van der Waals surface area contributed by atoms with Gasteiger partial charge in [0.05, 0.1) is 19.1 Å². The second-order valence-electron chi connectivity index (χ2n) is 7.46. The van der Waals surface area contributed by atoms with Crippen molar-refractivity contribution >= 4 is 17.6 Å². The van der Waals surface area contributed by atoms with E-state index in [0.29, 0.717) is 25.2 Å². The van der Waals surface area contributed by atoms with E-state index in [1.54, 1.807) is 13.2 Å². The third kappa shape index (κ3) is 4.94. The fraction of sp³-hybridized carbons (Fsp3) is 0.435. The highest BCUT2D eigenvalue weighted by molar-refractivity contribution is 5.94. The molecule has 0 unspecified atom stereocenters. The molecule has 2 heterocycles. The molecule has 29 heavy (non-hydrogen) atoms. The van der Waals surface area contributed by atoms with Crippen LogP contribution in [0.2, 0.25) is 0 Å². The lowest BCUT2D eigenvalue weighted by Crippen LogP contribution is -2.47. The van der Waals surface area contributed by atoms with Crippen molar-refractivity contribution in [2.24, 2.45) is 5.92 Å². The second-order valence-corrected chi connectivity index (χ2v) is 7.46. The Morgan fingerprint density at radius 2 is 2.00 bits per heavy atom. The van der Waals surface area contributed by atoms with Gasteiger partial charge in [-0.15, -0.1) is 0 Å². The zero-order chi connectivity index (χ0) is 20.8. The molecule has 0 bridgehead atoms. The van der Waals surface area contributed by atoms with Crippen LogP contribution >= 0.6 is 0 Å². The van der Waals surface area contributed by atoms with Crippen LogP contribution in [0, 0.1) is 12.8 Å². The van der Waals surface area contributed by atoms with E-state index in [1.807, 2.05) is 48.2 Å². The van der Waals surface area contributed by atoms with E-state index in [1.165, 1.54) is 0 Å². The highest BCUT2D eigenvalue weighted by Crippen LogP contribution is 2.38. The van der Waals surface area contributed by atoms with Gasteiger partial charge in [-0.2, -0.15) is 0 Å². The maximum atomic E-state index is 13.2. The topological polar surface area (TPSA) is 71.5 Å². The minimum Gasteiger partial charge on any atom is -0.497 e. The van der Waals surface area contributed by atoms with Gasteiger partial charge in [-0.05, 0) is 49.6 Å². The maximum Gasteiger partial charge on any atom is 0.231 e. The fourth-order valence-corrected chi connectivity index (χ4v) is 3.86. The number of hydrogen-bond donors (Lipinski definition) is 1. The molecule has 154 valence electrons. The monoisotopic (exact) mass is 395 g/mol. The number of carbonyl (C=O) groups excluding carboxylic acids is 2. The molecular weight excluding hydrogens is 366 g/mol. The molecule has 1 saturated heterocycles. The van der Waals surface area contributed by atoms with Gasteiger partial charge in [-0.25, -0.2) is 4.98 Å². The number of hydrogen-bond acceptors (Lipinski definition) is 4. The SMILES string of the molecule is CCCCN1C(=O)CC[C@@H](C(=O)Nc2cccc(C)n2)[C@@H]1c1ccc(OC)cc1. The minimum atomic E-state index is -0.333. The van der Waals surface area contributed by atoms with Gasteiger partial charge in [-0.1, -0.05) is 31.5 Å². The van der Waals surface area contributed by atoms with Gasteiger partial charge < -0.3 is 15.0 Å². The number of likely N-dealkylation sites (tertiary alicyclic amines) is 1. The number of anilines is 1. The first-order chi connectivity index (χ1) is 14.0. The lowest BCUT2D eigenvalue weighted by atomic mass is 9.83. The number of methoxy groups -OCH3 is 1. The highest BCUT2D eigenvalue weighted by Gasteiger charge is 2.40. The van der Waals surface area contributed by atoms with Crippen LogP contribution in [-0.2, 0) is 9.59 Å². The molecule has 0 saturated carbocycles. The summed E-state index contributed by atoms with van der Waals surface area (Å²) in [5.74, 6) is 0.969. The Kier molecular flexibility index (Phi) is 6.86. The summed E-state index contributed by atoms with van der Waals surface area (Å²) >= 11 is 0. The van der Waals surface area contributed by atoms with E-state index in [0.717, 1.165) is 29.8 Å². The third-order valence-corrected chi connectivity index (χ3v) is 5.39. The van der Waals surface area contributed by atoms with Crippen LogP contribution in [0.5, 0.6) is 5.75 Å². The Morgan fingerprint density at radius 1 is 1.24 bits per heavy atom. The van der Waals surface area contributed by atoms with Crippen molar-refractivity contribution in [3.8, 4) is 5.75 Å². The Hall–Kier alpha value is -2.89. The zero-order valence-electron chi connectivity index (χ0n) is 17.4. The quantitative estimate of drug-likeness (QED) is 0.766. The Morgan fingerprint density at radius 3 is 2.66 bits per heavy atom. The summed E-state index contributed by atoms with van der Waals surface area (Å²) in [4.78, 5) is 32.2. The molecule has 2 amide bonds. The molecule has 6 nitrogen and oxygen atoms in total. The molecule has 0 spiro atoms. The number of rotatable bonds is 7. The van der Waals surface area contributed by atoms with Gasteiger partial charge >= 0.3 is 0 Å². The number of aromatic nitrogens is 1. The Labute approximate surface area is 172 Å². The van der Waals surface area contributed by atoms with Crippen molar-refractivity contribution in [3.05, 3.63) is 53.7 Å². The Bertz CT molecular complexity index is 851. The number of carbonyl (C=O) groups is 2. The molecule has 0 aliphatic carbocycles. The van der Waals surface area contributed by atoms with E-state index in [9.17, 15) is 9.59 Å². The van der Waals surface area contributed by atoms with Gasteiger partial charge in [0.2, 0.25) is 11.8 Å². The number of unbranched alkanes of at least 4 members (excludes halogenated alkanes) is 1. The average molecular weight is 396 g/mol. The molecule has 2 atom stereocenters. The predicted molar refractivity (Wildman–Crippen MR) is 113 cm³/mol.